The summed E-state index contributed by atoms with van der Waals surface area (Å²) in [6.45, 7) is 10.4. The molecule has 0 aliphatic heterocycles. The fourth-order valence-electron chi connectivity index (χ4n) is 3.55. The molecule has 0 amide bonds. The SMILES string of the molecule is CCCNC(CCCC(C)C)C1(OC)CCC(C)CC1. The summed E-state index contributed by atoms with van der Waals surface area (Å²) < 4.78 is 6.08. The molecule has 0 bridgehead atoms. The highest BCUT2D eigenvalue weighted by molar-refractivity contribution is 4.96. The topological polar surface area (TPSA) is 21.3 Å². The van der Waals surface area contributed by atoms with E-state index in [1.54, 1.807) is 0 Å². The van der Waals surface area contributed by atoms with Gasteiger partial charge >= 0.3 is 0 Å². The Hall–Kier alpha value is -0.0800. The molecule has 1 aliphatic rings. The quantitative estimate of drug-likeness (QED) is 0.658. The van der Waals surface area contributed by atoms with Crippen LogP contribution in [-0.2, 0) is 4.74 Å². The Morgan fingerprint density at radius 2 is 1.85 bits per heavy atom. The van der Waals surface area contributed by atoms with Crippen molar-refractivity contribution < 1.29 is 4.74 Å². The molecular weight excluding hydrogens is 246 g/mol. The molecule has 0 aromatic heterocycles. The minimum absolute atomic E-state index is 0.0959. The Balaban J connectivity index is 2.62. The van der Waals surface area contributed by atoms with Gasteiger partial charge in [0.2, 0.25) is 0 Å². The summed E-state index contributed by atoms with van der Waals surface area (Å²) in [5, 5.41) is 3.79. The lowest BCUT2D eigenvalue weighted by atomic mass is 9.74. The average Bonchev–Trinajstić information content (AvgIpc) is 2.44. The molecule has 0 heterocycles. The van der Waals surface area contributed by atoms with Crippen LogP contribution in [0.2, 0.25) is 0 Å². The van der Waals surface area contributed by atoms with Gasteiger partial charge in [-0.3, -0.25) is 0 Å². The van der Waals surface area contributed by atoms with Crippen LogP contribution in [0.1, 0.15) is 79.1 Å². The zero-order valence-corrected chi connectivity index (χ0v) is 14.5. The highest BCUT2D eigenvalue weighted by Crippen LogP contribution is 2.38. The van der Waals surface area contributed by atoms with Gasteiger partial charge in [0.15, 0.2) is 0 Å². The predicted octanol–water partition coefficient (Wildman–Crippen LogP) is 4.78. The number of rotatable bonds is 9. The Morgan fingerprint density at radius 1 is 1.20 bits per heavy atom. The third kappa shape index (κ3) is 5.37. The maximum absolute atomic E-state index is 6.08. The van der Waals surface area contributed by atoms with E-state index in [9.17, 15) is 0 Å². The van der Waals surface area contributed by atoms with Crippen molar-refractivity contribution in [2.24, 2.45) is 11.8 Å². The molecule has 120 valence electrons. The van der Waals surface area contributed by atoms with Gasteiger partial charge in [0, 0.05) is 13.2 Å². The van der Waals surface area contributed by atoms with Crippen molar-refractivity contribution in [2.75, 3.05) is 13.7 Å². The molecule has 1 atom stereocenters. The second-order valence-corrected chi connectivity index (χ2v) is 7.28. The van der Waals surface area contributed by atoms with Crippen molar-refractivity contribution in [3.05, 3.63) is 0 Å². The first kappa shape index (κ1) is 18.0. The molecule has 0 aromatic rings. The molecule has 1 saturated carbocycles. The smallest absolute Gasteiger partial charge is 0.0831 e. The molecule has 1 rings (SSSR count). The zero-order chi connectivity index (χ0) is 15.0. The number of hydrogen-bond acceptors (Lipinski definition) is 2. The van der Waals surface area contributed by atoms with Crippen molar-refractivity contribution >= 4 is 0 Å². The molecule has 0 spiro atoms. The van der Waals surface area contributed by atoms with Gasteiger partial charge in [-0.05, 0) is 56.9 Å². The van der Waals surface area contributed by atoms with Gasteiger partial charge in [-0.15, -0.1) is 0 Å². The van der Waals surface area contributed by atoms with E-state index in [1.165, 1.54) is 51.4 Å². The number of nitrogens with one attached hydrogen (secondary N) is 1. The second kappa shape index (κ2) is 9.04. The highest BCUT2D eigenvalue weighted by atomic mass is 16.5. The van der Waals surface area contributed by atoms with E-state index in [-0.39, 0.29) is 5.60 Å². The zero-order valence-electron chi connectivity index (χ0n) is 14.5. The Labute approximate surface area is 127 Å². The lowest BCUT2D eigenvalue weighted by Crippen LogP contribution is -2.54. The second-order valence-electron chi connectivity index (χ2n) is 7.28. The fourth-order valence-corrected chi connectivity index (χ4v) is 3.55. The molecule has 1 N–H and O–H groups in total. The average molecular weight is 284 g/mol. The first-order valence-corrected chi connectivity index (χ1v) is 8.82. The van der Waals surface area contributed by atoms with Crippen LogP contribution in [0.4, 0.5) is 0 Å². The molecule has 2 heteroatoms. The maximum atomic E-state index is 6.08. The van der Waals surface area contributed by atoms with Gasteiger partial charge in [0.1, 0.15) is 0 Å². The standard InChI is InChI=1S/C18H37NO/c1-6-14-19-17(9-7-8-15(2)3)18(20-5)12-10-16(4)11-13-18/h15-17,19H,6-14H2,1-5H3. The van der Waals surface area contributed by atoms with E-state index < -0.39 is 0 Å². The van der Waals surface area contributed by atoms with E-state index >= 15 is 0 Å². The number of methoxy groups -OCH3 is 1. The number of hydrogen-bond donors (Lipinski definition) is 1. The van der Waals surface area contributed by atoms with Crippen LogP contribution in [0.3, 0.4) is 0 Å². The normalized spacial score (nSPS) is 28.8. The minimum Gasteiger partial charge on any atom is -0.377 e. The maximum Gasteiger partial charge on any atom is 0.0831 e. The van der Waals surface area contributed by atoms with Gasteiger partial charge in [-0.25, -0.2) is 0 Å². The lowest BCUT2D eigenvalue weighted by Gasteiger charge is -2.44. The number of ether oxygens (including phenoxy) is 1. The van der Waals surface area contributed by atoms with E-state index in [0.29, 0.717) is 6.04 Å². The third-order valence-corrected chi connectivity index (χ3v) is 5.08. The summed E-state index contributed by atoms with van der Waals surface area (Å²) in [5.74, 6) is 1.69. The van der Waals surface area contributed by atoms with Crippen LogP contribution in [0, 0.1) is 11.8 Å². The van der Waals surface area contributed by atoms with Gasteiger partial charge in [-0.1, -0.05) is 40.5 Å². The molecule has 2 nitrogen and oxygen atoms in total. The summed E-state index contributed by atoms with van der Waals surface area (Å²) in [5.41, 5.74) is 0.0959. The van der Waals surface area contributed by atoms with Crippen LogP contribution < -0.4 is 5.32 Å². The molecule has 1 fully saturated rings. The van der Waals surface area contributed by atoms with E-state index in [4.69, 9.17) is 4.74 Å². The van der Waals surface area contributed by atoms with Crippen LogP contribution in [-0.4, -0.2) is 25.3 Å². The minimum atomic E-state index is 0.0959. The van der Waals surface area contributed by atoms with Gasteiger partial charge < -0.3 is 10.1 Å². The van der Waals surface area contributed by atoms with E-state index in [1.807, 2.05) is 7.11 Å². The van der Waals surface area contributed by atoms with Gasteiger partial charge in [-0.2, -0.15) is 0 Å². The lowest BCUT2D eigenvalue weighted by molar-refractivity contribution is -0.0769. The molecule has 0 radical (unpaired) electrons. The van der Waals surface area contributed by atoms with E-state index in [2.05, 4.69) is 33.0 Å². The summed E-state index contributed by atoms with van der Waals surface area (Å²) in [4.78, 5) is 0. The predicted molar refractivity (Wildman–Crippen MR) is 88.1 cm³/mol. The summed E-state index contributed by atoms with van der Waals surface area (Å²) in [7, 11) is 1.93. The fraction of sp³-hybridized carbons (Fsp3) is 1.00. The molecule has 1 aliphatic carbocycles. The Bertz CT molecular complexity index is 244. The summed E-state index contributed by atoms with van der Waals surface area (Å²) in [6.07, 6.45) is 10.2. The molecule has 0 aromatic carbocycles. The Morgan fingerprint density at radius 3 is 2.35 bits per heavy atom. The summed E-state index contributed by atoms with van der Waals surface area (Å²) in [6, 6.07) is 0.540. The van der Waals surface area contributed by atoms with Crippen molar-refractivity contribution in [3.63, 3.8) is 0 Å². The van der Waals surface area contributed by atoms with Crippen molar-refractivity contribution in [1.29, 1.82) is 0 Å². The highest BCUT2D eigenvalue weighted by Gasteiger charge is 2.40. The Kier molecular flexibility index (Phi) is 8.13. The third-order valence-electron chi connectivity index (χ3n) is 5.08. The van der Waals surface area contributed by atoms with Gasteiger partial charge in [0.05, 0.1) is 5.60 Å². The first-order chi connectivity index (χ1) is 9.54. The van der Waals surface area contributed by atoms with Crippen LogP contribution in [0.5, 0.6) is 0 Å². The van der Waals surface area contributed by atoms with Crippen LogP contribution in [0.25, 0.3) is 0 Å². The van der Waals surface area contributed by atoms with Gasteiger partial charge in [0.25, 0.3) is 0 Å². The summed E-state index contributed by atoms with van der Waals surface area (Å²) >= 11 is 0. The largest absolute Gasteiger partial charge is 0.377 e. The monoisotopic (exact) mass is 283 g/mol. The van der Waals surface area contributed by atoms with Crippen molar-refractivity contribution in [3.8, 4) is 0 Å². The van der Waals surface area contributed by atoms with E-state index in [0.717, 1.165) is 18.4 Å². The molecule has 20 heavy (non-hydrogen) atoms. The molecular formula is C18H37NO. The molecule has 0 saturated heterocycles. The molecule has 1 unspecified atom stereocenters. The van der Waals surface area contributed by atoms with Crippen LogP contribution >= 0.6 is 0 Å². The van der Waals surface area contributed by atoms with Crippen LogP contribution in [0.15, 0.2) is 0 Å². The van der Waals surface area contributed by atoms with Crippen molar-refractivity contribution in [1.82, 2.24) is 5.32 Å². The van der Waals surface area contributed by atoms with Crippen molar-refractivity contribution in [2.45, 2.75) is 90.7 Å². The first-order valence-electron chi connectivity index (χ1n) is 8.82.